The summed E-state index contributed by atoms with van der Waals surface area (Å²) in [5.41, 5.74) is -2.91. The van der Waals surface area contributed by atoms with E-state index < -0.39 is 28.6 Å². The number of nitrogens with zero attached hydrogens (tertiary/aromatic N) is 1. The molecule has 1 aromatic heterocycles. The van der Waals surface area contributed by atoms with Crippen LogP contribution in [0, 0.1) is 5.82 Å². The Morgan fingerprint density at radius 3 is 2.70 bits per heavy atom. The van der Waals surface area contributed by atoms with E-state index in [2.05, 4.69) is 0 Å². The normalized spacial score (nSPS) is 10.3. The van der Waals surface area contributed by atoms with Gasteiger partial charge in [0.2, 0.25) is 0 Å². The second-order valence-corrected chi connectivity index (χ2v) is 3.79. The highest BCUT2D eigenvalue weighted by Gasteiger charge is 2.15. The standard InChI is InChI=1S/C12H9FN2O5/c1-20-6-2-3-8(13)9(4-6)15-5-7(11(17)18)10(16)14-12(15)19/h2-5H,1H3,(H,17,18)(H,14,16,19). The quantitative estimate of drug-likeness (QED) is 0.846. The molecule has 8 heteroatoms. The van der Waals surface area contributed by atoms with Gasteiger partial charge in [0.15, 0.2) is 0 Å². The number of benzene rings is 1. The topological polar surface area (TPSA) is 101 Å². The van der Waals surface area contributed by atoms with E-state index in [0.717, 1.165) is 12.3 Å². The SMILES string of the molecule is COc1ccc(F)c(-n2cc(C(=O)O)c(=O)[nH]c2=O)c1. The monoisotopic (exact) mass is 280 g/mol. The average Bonchev–Trinajstić information content (AvgIpc) is 2.39. The lowest BCUT2D eigenvalue weighted by Gasteiger charge is -2.09. The van der Waals surface area contributed by atoms with Crippen molar-refractivity contribution in [3.8, 4) is 11.4 Å². The maximum Gasteiger partial charge on any atom is 0.342 e. The van der Waals surface area contributed by atoms with Crippen LogP contribution in [0.1, 0.15) is 10.4 Å². The van der Waals surface area contributed by atoms with Crippen LogP contribution in [0.4, 0.5) is 4.39 Å². The summed E-state index contributed by atoms with van der Waals surface area (Å²) in [5, 5.41) is 8.84. The number of hydrogen-bond acceptors (Lipinski definition) is 4. The van der Waals surface area contributed by atoms with Crippen molar-refractivity contribution in [3.05, 3.63) is 56.6 Å². The molecule has 0 saturated carbocycles. The lowest BCUT2D eigenvalue weighted by atomic mass is 10.2. The highest BCUT2D eigenvalue weighted by Crippen LogP contribution is 2.18. The maximum absolute atomic E-state index is 13.8. The van der Waals surface area contributed by atoms with E-state index in [9.17, 15) is 18.8 Å². The highest BCUT2D eigenvalue weighted by molar-refractivity contribution is 5.86. The van der Waals surface area contributed by atoms with Crippen molar-refractivity contribution in [2.75, 3.05) is 7.11 Å². The Morgan fingerprint density at radius 1 is 1.40 bits per heavy atom. The summed E-state index contributed by atoms with van der Waals surface area (Å²) in [6, 6.07) is 3.61. The second-order valence-electron chi connectivity index (χ2n) is 3.79. The van der Waals surface area contributed by atoms with E-state index in [1.807, 2.05) is 4.98 Å². The minimum absolute atomic E-state index is 0.229. The molecule has 0 unspecified atom stereocenters. The first-order chi connectivity index (χ1) is 9.43. The van der Waals surface area contributed by atoms with E-state index in [1.165, 1.54) is 19.2 Å². The number of H-pyrrole nitrogens is 1. The van der Waals surface area contributed by atoms with Crippen LogP contribution < -0.4 is 16.0 Å². The van der Waals surface area contributed by atoms with Crippen molar-refractivity contribution in [1.82, 2.24) is 9.55 Å². The van der Waals surface area contributed by atoms with Crippen LogP contribution in [0.25, 0.3) is 5.69 Å². The number of nitrogens with one attached hydrogen (secondary N) is 1. The molecule has 1 heterocycles. The number of halogens is 1. The van der Waals surface area contributed by atoms with Gasteiger partial charge in [0, 0.05) is 12.3 Å². The Labute approximate surface area is 110 Å². The molecule has 1 aromatic carbocycles. The number of carbonyl (C=O) groups is 1. The average molecular weight is 280 g/mol. The summed E-state index contributed by atoms with van der Waals surface area (Å²) in [5.74, 6) is -2.02. The second kappa shape index (κ2) is 5.00. The maximum atomic E-state index is 13.8. The first kappa shape index (κ1) is 13.5. The number of ether oxygens (including phenoxy) is 1. The minimum atomic E-state index is -1.52. The van der Waals surface area contributed by atoms with E-state index in [1.54, 1.807) is 0 Å². The van der Waals surface area contributed by atoms with Gasteiger partial charge in [-0.05, 0) is 12.1 Å². The van der Waals surface area contributed by atoms with Crippen molar-refractivity contribution in [2.24, 2.45) is 0 Å². The molecule has 0 aliphatic carbocycles. The molecule has 0 aliphatic rings. The highest BCUT2D eigenvalue weighted by atomic mass is 19.1. The number of hydrogen-bond donors (Lipinski definition) is 2. The zero-order valence-corrected chi connectivity index (χ0v) is 10.2. The van der Waals surface area contributed by atoms with Crippen LogP contribution in [0.2, 0.25) is 0 Å². The van der Waals surface area contributed by atoms with Gasteiger partial charge in [-0.3, -0.25) is 14.3 Å². The zero-order chi connectivity index (χ0) is 14.9. The molecular weight excluding hydrogens is 271 g/mol. The summed E-state index contributed by atoms with van der Waals surface area (Å²) >= 11 is 0. The molecule has 2 aromatic rings. The lowest BCUT2D eigenvalue weighted by Crippen LogP contribution is -2.32. The molecule has 0 fully saturated rings. The molecule has 20 heavy (non-hydrogen) atoms. The predicted octanol–water partition coefficient (Wildman–Crippen LogP) is 0.372. The molecule has 104 valence electrons. The molecule has 0 atom stereocenters. The van der Waals surface area contributed by atoms with Crippen LogP contribution in [0.3, 0.4) is 0 Å². The lowest BCUT2D eigenvalue weighted by molar-refractivity contribution is 0.0694. The number of aromatic amines is 1. The summed E-state index contributed by atoms with van der Waals surface area (Å²) < 4.78 is 19.3. The van der Waals surface area contributed by atoms with Crippen LogP contribution in [0.5, 0.6) is 5.75 Å². The molecule has 0 amide bonds. The molecule has 0 bridgehead atoms. The molecule has 0 radical (unpaired) electrons. The van der Waals surface area contributed by atoms with Crippen LogP contribution >= 0.6 is 0 Å². The number of methoxy groups -OCH3 is 1. The van der Waals surface area contributed by atoms with Gasteiger partial charge in [-0.2, -0.15) is 0 Å². The predicted molar refractivity (Wildman–Crippen MR) is 66.1 cm³/mol. The van der Waals surface area contributed by atoms with Crippen molar-refractivity contribution >= 4 is 5.97 Å². The Kier molecular flexibility index (Phi) is 3.38. The first-order valence-electron chi connectivity index (χ1n) is 5.37. The number of aromatic nitrogens is 2. The van der Waals surface area contributed by atoms with Gasteiger partial charge in [0.05, 0.1) is 12.8 Å². The van der Waals surface area contributed by atoms with Gasteiger partial charge in [-0.25, -0.2) is 14.0 Å². The third-order valence-electron chi connectivity index (χ3n) is 2.59. The number of carboxylic acids is 1. The van der Waals surface area contributed by atoms with Gasteiger partial charge in [-0.1, -0.05) is 0 Å². The van der Waals surface area contributed by atoms with Gasteiger partial charge in [0.1, 0.15) is 17.1 Å². The van der Waals surface area contributed by atoms with Gasteiger partial charge in [0.25, 0.3) is 5.56 Å². The fourth-order valence-corrected chi connectivity index (χ4v) is 1.61. The molecule has 0 saturated heterocycles. The third kappa shape index (κ3) is 2.30. The van der Waals surface area contributed by atoms with Crippen molar-refractivity contribution in [1.29, 1.82) is 0 Å². The van der Waals surface area contributed by atoms with Gasteiger partial charge < -0.3 is 9.84 Å². The van der Waals surface area contributed by atoms with E-state index in [4.69, 9.17) is 9.84 Å². The summed E-state index contributed by atoms with van der Waals surface area (Å²) in [4.78, 5) is 35.7. The summed E-state index contributed by atoms with van der Waals surface area (Å²) in [7, 11) is 1.36. The first-order valence-corrected chi connectivity index (χ1v) is 5.37. The summed E-state index contributed by atoms with van der Waals surface area (Å²) in [6.45, 7) is 0. The zero-order valence-electron chi connectivity index (χ0n) is 10.2. The Balaban J connectivity index is 2.76. The number of aromatic carboxylic acids is 1. The van der Waals surface area contributed by atoms with Gasteiger partial charge >= 0.3 is 11.7 Å². The van der Waals surface area contributed by atoms with E-state index in [-0.39, 0.29) is 11.4 Å². The molecular formula is C12H9FN2O5. The number of carboxylic acid groups (broad SMARTS) is 1. The molecule has 0 aliphatic heterocycles. The molecule has 2 rings (SSSR count). The Morgan fingerprint density at radius 2 is 2.10 bits per heavy atom. The largest absolute Gasteiger partial charge is 0.497 e. The fourth-order valence-electron chi connectivity index (χ4n) is 1.61. The smallest absolute Gasteiger partial charge is 0.342 e. The fraction of sp³-hybridized carbons (Fsp3) is 0.0833. The van der Waals surface area contributed by atoms with Crippen molar-refractivity contribution < 1.29 is 19.0 Å². The van der Waals surface area contributed by atoms with Crippen LogP contribution in [-0.2, 0) is 0 Å². The molecule has 0 spiro atoms. The van der Waals surface area contributed by atoms with Gasteiger partial charge in [-0.15, -0.1) is 0 Å². The Hall–Kier alpha value is -2.90. The van der Waals surface area contributed by atoms with Crippen molar-refractivity contribution in [3.63, 3.8) is 0 Å². The number of rotatable bonds is 3. The summed E-state index contributed by atoms with van der Waals surface area (Å²) in [6.07, 6.45) is 0.765. The van der Waals surface area contributed by atoms with E-state index >= 15 is 0 Å². The molecule has 7 nitrogen and oxygen atoms in total. The van der Waals surface area contributed by atoms with E-state index in [0.29, 0.717) is 4.57 Å². The molecule has 2 N–H and O–H groups in total. The third-order valence-corrected chi connectivity index (χ3v) is 2.59. The Bertz CT molecular complexity index is 793. The van der Waals surface area contributed by atoms with Crippen LogP contribution in [0.15, 0.2) is 34.0 Å². The van der Waals surface area contributed by atoms with Crippen molar-refractivity contribution in [2.45, 2.75) is 0 Å². The van der Waals surface area contributed by atoms with Crippen LogP contribution in [-0.4, -0.2) is 27.7 Å². The minimum Gasteiger partial charge on any atom is -0.497 e.